The minimum Gasteiger partial charge on any atom is -0.351 e. The number of rotatable bonds is 5. The molecule has 0 bridgehead atoms. The maximum absolute atomic E-state index is 12.3. The van der Waals surface area contributed by atoms with Crippen LogP contribution in [-0.2, 0) is 9.59 Å². The molecule has 0 spiro atoms. The van der Waals surface area contributed by atoms with Crippen molar-refractivity contribution in [2.24, 2.45) is 4.99 Å². The molecule has 0 saturated carbocycles. The maximum atomic E-state index is 12.3. The number of aliphatic imine (C=N–C) groups is 1. The Hall–Kier alpha value is -2.56. The number of nitrogens with one attached hydrogen (secondary N) is 2. The highest BCUT2D eigenvalue weighted by Gasteiger charge is 2.33. The monoisotopic (exact) mass is 442 g/mol. The van der Waals surface area contributed by atoms with Crippen molar-refractivity contribution >= 4 is 40.3 Å². The lowest BCUT2D eigenvalue weighted by atomic mass is 10.1. The van der Waals surface area contributed by atoms with Crippen LogP contribution in [-0.4, -0.2) is 58.8 Å². The average molecular weight is 442 g/mol. The first kappa shape index (κ1) is 22.1. The fourth-order valence-electron chi connectivity index (χ4n) is 3.10. The number of piperidine rings is 1. The zero-order valence-corrected chi connectivity index (χ0v) is 16.8. The predicted molar refractivity (Wildman–Crippen MR) is 107 cm³/mol. The van der Waals surface area contributed by atoms with Gasteiger partial charge in [-0.15, -0.1) is 0 Å². The molecule has 2 aliphatic heterocycles. The summed E-state index contributed by atoms with van der Waals surface area (Å²) in [5, 5.41) is 4.50. The number of hydrogen-bond acceptors (Lipinski definition) is 5. The molecule has 2 N–H and O–H groups in total. The highest BCUT2D eigenvalue weighted by atomic mass is 32.2. The molecular formula is C19H21F3N4O3S. The summed E-state index contributed by atoms with van der Waals surface area (Å²) < 4.78 is 36.5. The molecule has 3 rings (SSSR count). The van der Waals surface area contributed by atoms with Crippen molar-refractivity contribution < 1.29 is 27.6 Å². The van der Waals surface area contributed by atoms with Crippen LogP contribution in [0, 0.1) is 0 Å². The molecule has 1 aromatic carbocycles. The Morgan fingerprint density at radius 2 is 1.80 bits per heavy atom. The summed E-state index contributed by atoms with van der Waals surface area (Å²) in [6, 6.07) is 5.46. The highest BCUT2D eigenvalue weighted by molar-refractivity contribution is 8.15. The molecule has 1 atom stereocenters. The highest BCUT2D eigenvalue weighted by Crippen LogP contribution is 2.29. The third-order valence-corrected chi connectivity index (χ3v) is 5.82. The van der Waals surface area contributed by atoms with Gasteiger partial charge in [0.05, 0.1) is 0 Å². The third kappa shape index (κ3) is 6.22. The van der Waals surface area contributed by atoms with Crippen LogP contribution in [0.1, 0.15) is 36.0 Å². The van der Waals surface area contributed by atoms with Crippen molar-refractivity contribution in [2.75, 3.05) is 25.0 Å². The fraction of sp³-hybridized carbons (Fsp3) is 0.474. The second-order valence-electron chi connectivity index (χ2n) is 7.01. The van der Waals surface area contributed by atoms with E-state index in [1.807, 2.05) is 0 Å². The van der Waals surface area contributed by atoms with Crippen LogP contribution in [0.5, 0.6) is 0 Å². The number of hydrogen-bond donors (Lipinski definition) is 2. The van der Waals surface area contributed by atoms with Gasteiger partial charge in [0.25, 0.3) is 11.8 Å². The van der Waals surface area contributed by atoms with Crippen LogP contribution in [0.3, 0.4) is 0 Å². The first-order valence-electron chi connectivity index (χ1n) is 9.50. The van der Waals surface area contributed by atoms with Crippen LogP contribution < -0.4 is 10.6 Å². The predicted octanol–water partition coefficient (Wildman–Crippen LogP) is 2.79. The van der Waals surface area contributed by atoms with Crippen LogP contribution in [0.25, 0.3) is 0 Å². The normalized spacial score (nSPS) is 19.4. The summed E-state index contributed by atoms with van der Waals surface area (Å²) in [6.07, 6.45) is -1.25. The Bertz CT molecular complexity index is 836. The Balaban J connectivity index is 1.48. The van der Waals surface area contributed by atoms with Crippen molar-refractivity contribution in [1.82, 2.24) is 10.2 Å². The number of carbonyl (C=O) groups is 3. The number of carbonyl (C=O) groups excluding carboxylic acids is 3. The Morgan fingerprint density at radius 3 is 2.43 bits per heavy atom. The van der Waals surface area contributed by atoms with E-state index >= 15 is 0 Å². The first-order chi connectivity index (χ1) is 14.2. The number of thioether (sulfide) groups is 1. The van der Waals surface area contributed by atoms with Gasteiger partial charge in [0.2, 0.25) is 5.91 Å². The molecule has 3 amide bonds. The number of alkyl halides is 3. The van der Waals surface area contributed by atoms with Gasteiger partial charge in [-0.25, -0.2) is 0 Å². The van der Waals surface area contributed by atoms with Crippen molar-refractivity contribution in [2.45, 2.75) is 37.1 Å². The summed E-state index contributed by atoms with van der Waals surface area (Å²) in [5.41, 5.74) is 0.415. The zero-order chi connectivity index (χ0) is 21.7. The van der Waals surface area contributed by atoms with E-state index in [-0.39, 0.29) is 23.8 Å². The zero-order valence-electron chi connectivity index (χ0n) is 16.0. The molecular weight excluding hydrogens is 421 g/mol. The van der Waals surface area contributed by atoms with Gasteiger partial charge in [0, 0.05) is 30.8 Å². The molecule has 2 heterocycles. The molecule has 30 heavy (non-hydrogen) atoms. The molecule has 2 aliphatic rings. The lowest BCUT2D eigenvalue weighted by molar-refractivity contribution is -0.123. The molecule has 0 unspecified atom stereocenters. The number of amidine groups is 1. The second kappa shape index (κ2) is 9.50. The van der Waals surface area contributed by atoms with Crippen LogP contribution >= 0.6 is 11.8 Å². The molecule has 7 nitrogen and oxygen atoms in total. The summed E-state index contributed by atoms with van der Waals surface area (Å²) in [4.78, 5) is 42.3. The number of anilines is 1. The third-order valence-electron chi connectivity index (χ3n) is 4.61. The summed E-state index contributed by atoms with van der Waals surface area (Å²) in [6.45, 7) is 0.306. The van der Waals surface area contributed by atoms with Gasteiger partial charge in [-0.1, -0.05) is 11.8 Å². The van der Waals surface area contributed by atoms with Gasteiger partial charge in [0.1, 0.15) is 11.8 Å². The van der Waals surface area contributed by atoms with E-state index in [0.29, 0.717) is 10.9 Å². The van der Waals surface area contributed by atoms with Crippen molar-refractivity contribution in [3.8, 4) is 0 Å². The topological polar surface area (TPSA) is 90.9 Å². The van der Waals surface area contributed by atoms with Gasteiger partial charge >= 0.3 is 6.18 Å². The number of likely N-dealkylation sites (tertiary alicyclic amines) is 1. The molecule has 0 radical (unpaired) electrons. The minimum atomic E-state index is -4.49. The maximum Gasteiger partial charge on any atom is 0.405 e. The lowest BCUT2D eigenvalue weighted by Gasteiger charge is -2.27. The van der Waals surface area contributed by atoms with E-state index in [1.54, 1.807) is 5.32 Å². The van der Waals surface area contributed by atoms with Crippen LogP contribution in [0.2, 0.25) is 0 Å². The molecule has 11 heteroatoms. The minimum absolute atomic E-state index is 0.0401. The largest absolute Gasteiger partial charge is 0.405 e. The van der Waals surface area contributed by atoms with E-state index < -0.39 is 23.9 Å². The van der Waals surface area contributed by atoms with Gasteiger partial charge in [-0.2, -0.15) is 18.2 Å². The molecule has 0 aliphatic carbocycles. The average Bonchev–Trinajstić information content (AvgIpc) is 3.07. The van der Waals surface area contributed by atoms with Gasteiger partial charge in [-0.3, -0.25) is 14.4 Å². The Labute approximate surface area is 175 Å². The summed E-state index contributed by atoms with van der Waals surface area (Å²) in [5.74, 6) is -1.57. The van der Waals surface area contributed by atoms with E-state index in [4.69, 9.17) is 0 Å². The van der Waals surface area contributed by atoms with E-state index in [9.17, 15) is 27.6 Å². The molecule has 0 aromatic heterocycles. The molecule has 1 aromatic rings. The number of halogens is 3. The van der Waals surface area contributed by atoms with E-state index in [2.05, 4.69) is 15.2 Å². The van der Waals surface area contributed by atoms with E-state index in [1.165, 1.54) is 36.0 Å². The first-order valence-corrected chi connectivity index (χ1v) is 10.4. The quantitative estimate of drug-likeness (QED) is 0.732. The smallest absolute Gasteiger partial charge is 0.351 e. The molecule has 1 saturated heterocycles. The summed E-state index contributed by atoms with van der Waals surface area (Å²) >= 11 is 1.30. The van der Waals surface area contributed by atoms with Gasteiger partial charge < -0.3 is 15.5 Å². The number of nitrogens with zero attached hydrogens (tertiary/aromatic N) is 2. The summed E-state index contributed by atoms with van der Waals surface area (Å²) in [7, 11) is 0. The van der Waals surface area contributed by atoms with Crippen molar-refractivity contribution in [1.29, 1.82) is 0 Å². The van der Waals surface area contributed by atoms with Gasteiger partial charge in [-0.05, 0) is 43.5 Å². The molecule has 162 valence electrons. The Morgan fingerprint density at radius 1 is 1.13 bits per heavy atom. The molecule has 1 fully saturated rings. The number of amides is 3. The standard InChI is InChI=1S/C19H21F3N4O3S/c20-19(21,22)11-23-16(28)12-4-6-13(7-5-12)24-15(27)10-14-17(29)25-18(30-14)26-8-2-1-3-9-26/h4-7,14H,1-3,8-11H2,(H,23,28)(H,24,27)/t14-/m0/s1. The fourth-order valence-corrected chi connectivity index (χ4v) is 4.21. The van der Waals surface area contributed by atoms with Crippen LogP contribution in [0.4, 0.5) is 18.9 Å². The lowest BCUT2D eigenvalue weighted by Crippen LogP contribution is -2.33. The Kier molecular flexibility index (Phi) is 7.01. The number of benzene rings is 1. The SMILES string of the molecule is O=C(C[C@@H]1SC(N2CCCCC2)=NC1=O)Nc1ccc(C(=O)NCC(F)(F)F)cc1. The van der Waals surface area contributed by atoms with E-state index in [0.717, 1.165) is 32.4 Å². The van der Waals surface area contributed by atoms with Gasteiger partial charge in [0.15, 0.2) is 5.17 Å². The van der Waals surface area contributed by atoms with Crippen LogP contribution in [0.15, 0.2) is 29.3 Å². The second-order valence-corrected chi connectivity index (χ2v) is 8.18. The van der Waals surface area contributed by atoms with Crippen molar-refractivity contribution in [3.05, 3.63) is 29.8 Å². The van der Waals surface area contributed by atoms with Crippen molar-refractivity contribution in [3.63, 3.8) is 0 Å².